The number of Topliss-reactive ketones (excluding diaryl/α,β-unsaturated/α-hetero) is 1. The number of ketones is 1. The van der Waals surface area contributed by atoms with E-state index in [-0.39, 0.29) is 40.0 Å². The predicted molar refractivity (Wildman–Crippen MR) is 132 cm³/mol. The number of piperidine rings is 2. The van der Waals surface area contributed by atoms with Crippen molar-refractivity contribution < 1.29 is 14.3 Å². The molecule has 5 nitrogen and oxygen atoms in total. The van der Waals surface area contributed by atoms with Crippen molar-refractivity contribution in [2.75, 3.05) is 0 Å². The lowest BCUT2D eigenvalue weighted by Gasteiger charge is -2.48. The Morgan fingerprint density at radius 3 is 1.50 bits per heavy atom. The lowest BCUT2D eigenvalue weighted by molar-refractivity contribution is -0.173. The summed E-state index contributed by atoms with van der Waals surface area (Å²) in [4.78, 5) is 27.0. The van der Waals surface area contributed by atoms with Gasteiger partial charge in [0.25, 0.3) is 0 Å². The highest BCUT2D eigenvalue weighted by Crippen LogP contribution is 2.45. The number of esters is 1. The number of rotatable bonds is 6. The van der Waals surface area contributed by atoms with Crippen molar-refractivity contribution in [3.8, 4) is 0 Å². The zero-order valence-electron chi connectivity index (χ0n) is 22.9. The second-order valence-corrected chi connectivity index (χ2v) is 14.4. The quantitative estimate of drug-likeness (QED) is 0.530. The average Bonchev–Trinajstić information content (AvgIpc) is 2.47. The van der Waals surface area contributed by atoms with Crippen LogP contribution in [-0.4, -0.2) is 40.0 Å². The van der Waals surface area contributed by atoms with Crippen LogP contribution in [0.5, 0.6) is 0 Å². The van der Waals surface area contributed by atoms with Gasteiger partial charge in [-0.2, -0.15) is 0 Å². The molecule has 0 aromatic carbocycles. The van der Waals surface area contributed by atoms with Crippen LogP contribution in [0.3, 0.4) is 0 Å². The molecule has 2 aliphatic rings. The molecule has 0 aliphatic carbocycles. The number of carbonyl (C=O) groups excluding carboxylic acids is 2. The van der Waals surface area contributed by atoms with Gasteiger partial charge in [0.1, 0.15) is 11.9 Å². The minimum atomic E-state index is -0.902. The Hall–Kier alpha value is -0.940. The summed E-state index contributed by atoms with van der Waals surface area (Å²) in [5, 5.41) is 7.32. The SMILES string of the molecule is CC1(C)CC(CC(=O)C(C)(C)C(C)(C)C(=O)OC2CC(C)(C)NC(C)(C)C2)CC(C)(C)N1. The number of hydrogen-bond donors (Lipinski definition) is 2. The highest BCUT2D eigenvalue weighted by atomic mass is 16.5. The number of carbonyl (C=O) groups is 2. The molecular weight excluding hydrogens is 400 g/mol. The zero-order valence-corrected chi connectivity index (χ0v) is 22.9. The van der Waals surface area contributed by atoms with Crippen LogP contribution in [0.1, 0.15) is 115 Å². The van der Waals surface area contributed by atoms with E-state index >= 15 is 0 Å². The second-order valence-electron chi connectivity index (χ2n) is 14.4. The fourth-order valence-corrected chi connectivity index (χ4v) is 6.41. The van der Waals surface area contributed by atoms with E-state index in [0.717, 1.165) is 25.7 Å². The molecule has 5 heteroatoms. The molecule has 0 bridgehead atoms. The van der Waals surface area contributed by atoms with Crippen LogP contribution in [0.2, 0.25) is 0 Å². The summed E-state index contributed by atoms with van der Waals surface area (Å²) < 4.78 is 6.08. The van der Waals surface area contributed by atoms with Gasteiger partial charge in [0.05, 0.1) is 5.41 Å². The van der Waals surface area contributed by atoms with Crippen LogP contribution in [0.25, 0.3) is 0 Å². The van der Waals surface area contributed by atoms with Crippen molar-refractivity contribution in [1.29, 1.82) is 0 Å². The van der Waals surface area contributed by atoms with Crippen molar-refractivity contribution >= 4 is 11.8 Å². The van der Waals surface area contributed by atoms with Crippen molar-refractivity contribution in [2.24, 2.45) is 16.7 Å². The van der Waals surface area contributed by atoms with Crippen LogP contribution >= 0.6 is 0 Å². The fraction of sp³-hybridized carbons (Fsp3) is 0.926. The van der Waals surface area contributed by atoms with E-state index < -0.39 is 10.8 Å². The van der Waals surface area contributed by atoms with Crippen molar-refractivity contribution in [2.45, 2.75) is 143 Å². The summed E-state index contributed by atoms with van der Waals surface area (Å²) in [7, 11) is 0. The maximum absolute atomic E-state index is 13.6. The van der Waals surface area contributed by atoms with Crippen LogP contribution in [0.15, 0.2) is 0 Å². The molecule has 2 rings (SSSR count). The predicted octanol–water partition coefficient (Wildman–Crippen LogP) is 5.41. The summed E-state index contributed by atoms with van der Waals surface area (Å²) in [6.07, 6.45) is 3.82. The molecule has 2 heterocycles. The van der Waals surface area contributed by atoms with E-state index in [4.69, 9.17) is 4.74 Å². The van der Waals surface area contributed by atoms with Crippen LogP contribution in [0, 0.1) is 16.7 Å². The van der Waals surface area contributed by atoms with Crippen molar-refractivity contribution in [3.63, 3.8) is 0 Å². The second kappa shape index (κ2) is 8.37. The Kier molecular flexibility index (Phi) is 7.15. The summed E-state index contributed by atoms with van der Waals surface area (Å²) >= 11 is 0. The minimum absolute atomic E-state index is 0.0000872. The molecular formula is C27H50N2O3. The molecule has 2 saturated heterocycles. The van der Waals surface area contributed by atoms with Gasteiger partial charge < -0.3 is 15.4 Å². The van der Waals surface area contributed by atoms with E-state index in [1.165, 1.54) is 0 Å². The topological polar surface area (TPSA) is 67.4 Å². The van der Waals surface area contributed by atoms with E-state index in [1.54, 1.807) is 0 Å². The van der Waals surface area contributed by atoms with E-state index in [0.29, 0.717) is 12.3 Å². The third-order valence-corrected chi connectivity index (χ3v) is 7.95. The molecule has 2 N–H and O–H groups in total. The van der Waals surface area contributed by atoms with Gasteiger partial charge in [-0.05, 0) is 88.0 Å². The standard InChI is InChI=1S/C27H50N2O3/c1-22(2)14-18(15-23(3,4)28-22)13-20(30)26(9,10)27(11,12)21(31)32-19-16-24(5,6)29-25(7,8)17-19/h18-19,28-29H,13-17H2,1-12H3. The Balaban J connectivity index is 2.12. The van der Waals surface area contributed by atoms with Gasteiger partial charge in [-0.1, -0.05) is 13.8 Å². The summed E-state index contributed by atoms with van der Waals surface area (Å²) in [6.45, 7) is 25.0. The molecule has 0 radical (unpaired) electrons. The Morgan fingerprint density at radius 2 is 1.09 bits per heavy atom. The zero-order chi connectivity index (χ0) is 25.0. The van der Waals surface area contributed by atoms with E-state index in [2.05, 4.69) is 66.0 Å². The van der Waals surface area contributed by atoms with Gasteiger partial charge >= 0.3 is 5.97 Å². The molecule has 0 amide bonds. The largest absolute Gasteiger partial charge is 0.462 e. The molecule has 0 aromatic rings. The number of hydrogen-bond acceptors (Lipinski definition) is 5. The van der Waals surface area contributed by atoms with Crippen LogP contribution in [0.4, 0.5) is 0 Å². The minimum Gasteiger partial charge on any atom is -0.462 e. The molecule has 2 fully saturated rings. The van der Waals surface area contributed by atoms with Gasteiger partial charge in [0.15, 0.2) is 0 Å². The molecule has 0 aromatic heterocycles. The Labute approximate surface area is 197 Å². The summed E-state index contributed by atoms with van der Waals surface area (Å²) in [6, 6.07) is 0. The van der Waals surface area contributed by atoms with E-state index in [9.17, 15) is 9.59 Å². The highest BCUT2D eigenvalue weighted by Gasteiger charge is 2.51. The third-order valence-electron chi connectivity index (χ3n) is 7.95. The summed E-state index contributed by atoms with van der Waals surface area (Å²) in [5.74, 6) is 0.204. The number of nitrogens with one attached hydrogen (secondary N) is 2. The smallest absolute Gasteiger partial charge is 0.312 e. The third kappa shape index (κ3) is 6.34. The first kappa shape index (κ1) is 27.3. The van der Waals surface area contributed by atoms with Gasteiger partial charge in [0.2, 0.25) is 0 Å². The first-order chi connectivity index (χ1) is 14.1. The van der Waals surface area contributed by atoms with Gasteiger partial charge in [-0.3, -0.25) is 9.59 Å². The monoisotopic (exact) mass is 450 g/mol. The molecule has 0 spiro atoms. The maximum atomic E-state index is 13.6. The molecule has 0 unspecified atom stereocenters. The Bertz CT molecular complexity index is 637. The first-order valence-corrected chi connectivity index (χ1v) is 12.4. The van der Waals surface area contributed by atoms with Crippen molar-refractivity contribution in [1.82, 2.24) is 10.6 Å². The van der Waals surface area contributed by atoms with E-state index in [1.807, 2.05) is 27.7 Å². The number of ether oxygens (including phenoxy) is 1. The molecule has 0 saturated carbocycles. The highest BCUT2D eigenvalue weighted by molar-refractivity contribution is 5.91. The lowest BCUT2D eigenvalue weighted by Crippen LogP contribution is -2.60. The summed E-state index contributed by atoms with van der Waals surface area (Å²) in [5.41, 5.74) is -1.91. The molecule has 2 aliphatic heterocycles. The van der Waals surface area contributed by atoms with Gasteiger partial charge in [0, 0.05) is 46.8 Å². The molecule has 186 valence electrons. The molecule has 0 atom stereocenters. The van der Waals surface area contributed by atoms with Crippen LogP contribution in [-0.2, 0) is 14.3 Å². The first-order valence-electron chi connectivity index (χ1n) is 12.4. The normalized spacial score (nSPS) is 25.9. The Morgan fingerprint density at radius 1 is 0.719 bits per heavy atom. The molecule has 32 heavy (non-hydrogen) atoms. The maximum Gasteiger partial charge on any atom is 0.312 e. The van der Waals surface area contributed by atoms with Crippen LogP contribution < -0.4 is 10.6 Å². The lowest BCUT2D eigenvalue weighted by atomic mass is 9.62. The van der Waals surface area contributed by atoms with Gasteiger partial charge in [-0.25, -0.2) is 0 Å². The fourth-order valence-electron chi connectivity index (χ4n) is 6.41. The van der Waals surface area contributed by atoms with Crippen molar-refractivity contribution in [3.05, 3.63) is 0 Å². The van der Waals surface area contributed by atoms with Gasteiger partial charge in [-0.15, -0.1) is 0 Å². The average molecular weight is 451 g/mol.